The topological polar surface area (TPSA) is 86.7 Å². The number of fused-ring (bicyclic) bond motifs is 5. The predicted octanol–water partition coefficient (Wildman–Crippen LogP) is 5.40. The van der Waals surface area contributed by atoms with Crippen LogP contribution in [0.5, 0.6) is 0 Å². The van der Waals surface area contributed by atoms with E-state index in [-0.39, 0.29) is 34.9 Å². The van der Waals surface area contributed by atoms with Crippen LogP contribution in [-0.4, -0.2) is 36.7 Å². The molecule has 0 bridgehead atoms. The molecule has 0 spiro atoms. The number of benzene rings is 1. The number of allylic oxidation sites excluding steroid dienone is 6. The van der Waals surface area contributed by atoms with Crippen LogP contribution in [0.25, 0.3) is 0 Å². The first-order valence-electron chi connectivity index (χ1n) is 12.9. The summed E-state index contributed by atoms with van der Waals surface area (Å²) in [5.41, 5.74) is 2.57. The lowest BCUT2D eigenvalue weighted by Gasteiger charge is -2.52. The highest BCUT2D eigenvalue weighted by molar-refractivity contribution is 14.1. The highest BCUT2D eigenvalue weighted by atomic mass is 127. The molecule has 0 amide bonds. The van der Waals surface area contributed by atoms with Crippen LogP contribution < -0.4 is 0 Å². The molecule has 5 rings (SSSR count). The molecular weight excluding hydrogens is 583 g/mol. The molecule has 2 saturated carbocycles. The molecule has 2 fully saturated rings. The van der Waals surface area contributed by atoms with Crippen molar-refractivity contribution < 1.29 is 28.7 Å². The molecule has 1 aromatic rings. The third-order valence-electron chi connectivity index (χ3n) is 9.09. The normalized spacial score (nSPS) is 31.9. The maximum absolute atomic E-state index is 13.2. The lowest BCUT2D eigenvalue weighted by Crippen LogP contribution is -2.45. The van der Waals surface area contributed by atoms with Crippen molar-refractivity contribution in [2.45, 2.75) is 46.0 Å². The summed E-state index contributed by atoms with van der Waals surface area (Å²) in [4.78, 5) is 49.6. The van der Waals surface area contributed by atoms with Crippen LogP contribution in [-0.2, 0) is 23.9 Å². The third-order valence-corrected chi connectivity index (χ3v) is 9.76. The maximum atomic E-state index is 13.2. The number of hydrogen-bond acceptors (Lipinski definition) is 6. The fourth-order valence-corrected chi connectivity index (χ4v) is 7.71. The molecule has 37 heavy (non-hydrogen) atoms. The van der Waals surface area contributed by atoms with E-state index >= 15 is 0 Å². The fraction of sp³-hybridized carbons (Fsp3) is 0.467. The van der Waals surface area contributed by atoms with Crippen molar-refractivity contribution in [2.24, 2.45) is 28.6 Å². The second-order valence-corrected chi connectivity index (χ2v) is 12.3. The fourth-order valence-electron chi connectivity index (χ4n) is 7.17. The van der Waals surface area contributed by atoms with Gasteiger partial charge in [0.15, 0.2) is 18.2 Å². The van der Waals surface area contributed by atoms with Gasteiger partial charge in [0, 0.05) is 14.9 Å². The van der Waals surface area contributed by atoms with Gasteiger partial charge in [-0.2, -0.15) is 0 Å². The zero-order valence-electron chi connectivity index (χ0n) is 21.1. The van der Waals surface area contributed by atoms with E-state index in [9.17, 15) is 19.2 Å². The van der Waals surface area contributed by atoms with Gasteiger partial charge in [-0.15, -0.1) is 0 Å². The van der Waals surface area contributed by atoms with Crippen molar-refractivity contribution in [1.29, 1.82) is 0 Å². The minimum Gasteiger partial charge on any atom is -0.455 e. The first kappa shape index (κ1) is 26.1. The van der Waals surface area contributed by atoms with Crippen LogP contribution in [0.4, 0.5) is 0 Å². The lowest BCUT2D eigenvalue weighted by molar-refractivity contribution is -0.152. The summed E-state index contributed by atoms with van der Waals surface area (Å²) in [5, 5.41) is 0. The summed E-state index contributed by atoms with van der Waals surface area (Å²) in [5.74, 6) is -0.728. The Bertz CT molecular complexity index is 1260. The molecule has 4 aliphatic rings. The van der Waals surface area contributed by atoms with E-state index in [4.69, 9.17) is 9.47 Å². The molecule has 194 valence electrons. The summed E-state index contributed by atoms with van der Waals surface area (Å²) in [7, 11) is 0. The van der Waals surface area contributed by atoms with Gasteiger partial charge in [-0.1, -0.05) is 36.3 Å². The largest absolute Gasteiger partial charge is 0.455 e. The minimum atomic E-state index is -0.726. The van der Waals surface area contributed by atoms with E-state index in [0.717, 1.165) is 35.7 Å². The maximum Gasteiger partial charge on any atom is 0.344 e. The summed E-state index contributed by atoms with van der Waals surface area (Å²) in [6.45, 7) is 3.59. The van der Waals surface area contributed by atoms with Gasteiger partial charge in [-0.25, -0.2) is 9.59 Å². The van der Waals surface area contributed by atoms with Crippen molar-refractivity contribution >= 4 is 46.1 Å². The van der Waals surface area contributed by atoms with Gasteiger partial charge in [0.05, 0.1) is 5.56 Å². The number of carbonyl (C=O) groups is 4. The Morgan fingerprint density at radius 3 is 2.68 bits per heavy atom. The lowest BCUT2D eigenvalue weighted by atomic mass is 9.52. The standard InChI is InChI=1S/C30H31IO6/c1-29-12-10-21(32)15-19(29)6-7-22-23-8-9-25(30(23,2)13-11-24(22)29)26(33)16-36-27(34)17-37-28(35)18-4-3-5-20(31)14-18/h3-5,10-12,14-15,22-23,25H,6-9,13,16-17H2,1-2H3/t22-,23-,25+,29-,30-/m0/s1. The van der Waals surface area contributed by atoms with E-state index in [1.807, 2.05) is 6.07 Å². The number of rotatable bonds is 6. The van der Waals surface area contributed by atoms with E-state index in [1.165, 1.54) is 11.1 Å². The van der Waals surface area contributed by atoms with E-state index < -0.39 is 18.5 Å². The number of ether oxygens (including phenoxy) is 2. The zero-order chi connectivity index (χ0) is 26.4. The first-order valence-corrected chi connectivity index (χ1v) is 14.0. The quantitative estimate of drug-likeness (QED) is 0.242. The third kappa shape index (κ3) is 4.75. The Labute approximate surface area is 230 Å². The number of hydrogen-bond donors (Lipinski definition) is 0. The van der Waals surface area contributed by atoms with Crippen LogP contribution in [0, 0.1) is 32.2 Å². The molecule has 0 unspecified atom stereocenters. The van der Waals surface area contributed by atoms with Crippen LogP contribution in [0.3, 0.4) is 0 Å². The molecule has 6 nitrogen and oxygen atoms in total. The molecule has 5 atom stereocenters. The van der Waals surface area contributed by atoms with Gasteiger partial charge in [0.1, 0.15) is 6.61 Å². The van der Waals surface area contributed by atoms with E-state index in [0.29, 0.717) is 17.4 Å². The smallest absolute Gasteiger partial charge is 0.344 e. The predicted molar refractivity (Wildman–Crippen MR) is 145 cm³/mol. The van der Waals surface area contributed by atoms with Crippen LogP contribution in [0.15, 0.2) is 59.7 Å². The molecule has 7 heteroatoms. The molecule has 0 radical (unpaired) electrons. The van der Waals surface area contributed by atoms with Crippen molar-refractivity contribution in [3.05, 3.63) is 68.8 Å². The van der Waals surface area contributed by atoms with Gasteiger partial charge in [0.25, 0.3) is 0 Å². The molecule has 0 heterocycles. The molecule has 1 aromatic carbocycles. The summed E-state index contributed by atoms with van der Waals surface area (Å²) >= 11 is 2.09. The van der Waals surface area contributed by atoms with Gasteiger partial charge in [0.2, 0.25) is 0 Å². The number of carbonyl (C=O) groups excluding carboxylic acids is 4. The van der Waals surface area contributed by atoms with Gasteiger partial charge in [-0.3, -0.25) is 9.59 Å². The molecule has 0 saturated heterocycles. The number of esters is 2. The Morgan fingerprint density at radius 1 is 1.08 bits per heavy atom. The summed E-state index contributed by atoms with van der Waals surface area (Å²) < 4.78 is 11.2. The van der Waals surface area contributed by atoms with Crippen molar-refractivity contribution in [1.82, 2.24) is 0 Å². The molecule has 0 aromatic heterocycles. The van der Waals surface area contributed by atoms with Crippen LogP contribution in [0.1, 0.15) is 56.3 Å². The minimum absolute atomic E-state index is 0.0649. The molecule has 0 N–H and O–H groups in total. The van der Waals surface area contributed by atoms with Gasteiger partial charge in [-0.05, 0) is 109 Å². The van der Waals surface area contributed by atoms with Crippen LogP contribution >= 0.6 is 22.6 Å². The monoisotopic (exact) mass is 614 g/mol. The highest BCUT2D eigenvalue weighted by Crippen LogP contribution is 2.63. The van der Waals surface area contributed by atoms with Crippen molar-refractivity contribution in [2.75, 3.05) is 13.2 Å². The highest BCUT2D eigenvalue weighted by Gasteiger charge is 2.57. The van der Waals surface area contributed by atoms with Gasteiger partial charge >= 0.3 is 11.9 Å². The second kappa shape index (κ2) is 9.97. The Balaban J connectivity index is 1.20. The van der Waals surface area contributed by atoms with E-state index in [2.05, 4.69) is 48.6 Å². The second-order valence-electron chi connectivity index (χ2n) is 11.1. The Kier molecular flexibility index (Phi) is 7.02. The average Bonchev–Trinajstić information content (AvgIpc) is 3.23. The zero-order valence-corrected chi connectivity index (χ0v) is 23.3. The average molecular weight is 614 g/mol. The van der Waals surface area contributed by atoms with Crippen molar-refractivity contribution in [3.8, 4) is 0 Å². The molecule has 0 aliphatic heterocycles. The first-order chi connectivity index (χ1) is 17.6. The Hall–Kier alpha value is -2.55. The van der Waals surface area contributed by atoms with Crippen LogP contribution in [0.2, 0.25) is 0 Å². The molecule has 4 aliphatic carbocycles. The SMILES string of the molecule is C[C@]12C=CC(=O)C=C1CC[C@@H]1C2=CC[C@]2(C)[C@@H](C(=O)COC(=O)COC(=O)c3cccc(I)c3)CC[C@@H]12. The number of halogens is 1. The van der Waals surface area contributed by atoms with Gasteiger partial charge < -0.3 is 9.47 Å². The Morgan fingerprint density at radius 2 is 1.89 bits per heavy atom. The molecular formula is C30H31IO6. The summed E-state index contributed by atoms with van der Waals surface area (Å²) in [6.07, 6.45) is 12.3. The number of Topliss-reactive ketones (excluding diaryl/α,β-unsaturated/α-hetero) is 1. The van der Waals surface area contributed by atoms with Crippen molar-refractivity contribution in [3.63, 3.8) is 0 Å². The number of ketones is 2. The van der Waals surface area contributed by atoms with E-state index in [1.54, 1.807) is 30.4 Å². The summed E-state index contributed by atoms with van der Waals surface area (Å²) in [6, 6.07) is 6.89.